The summed E-state index contributed by atoms with van der Waals surface area (Å²) in [7, 11) is 1.64. The molecule has 35 heavy (non-hydrogen) atoms. The van der Waals surface area contributed by atoms with Crippen molar-refractivity contribution in [1.82, 2.24) is 9.36 Å². The lowest BCUT2D eigenvalue weighted by molar-refractivity contribution is -0.208. The molecule has 4 rings (SSSR count). The smallest absolute Gasteiger partial charge is 0.236 e. The van der Waals surface area contributed by atoms with Crippen LogP contribution in [0.2, 0.25) is 5.28 Å². The molecule has 1 N–H and O–H groups in total. The van der Waals surface area contributed by atoms with Crippen LogP contribution < -0.4 is 5.32 Å². The van der Waals surface area contributed by atoms with Crippen LogP contribution in [0, 0.1) is 0 Å². The summed E-state index contributed by atoms with van der Waals surface area (Å²) in [5, 5.41) is 4.04. The molecule has 200 valence electrons. The van der Waals surface area contributed by atoms with Crippen LogP contribution in [0.25, 0.3) is 0 Å². The second kappa shape index (κ2) is 12.7. The lowest BCUT2D eigenvalue weighted by Crippen LogP contribution is -2.63. The fraction of sp³-hybridized carbons (Fsp3) is 0.905. The molecule has 0 aliphatic carbocycles. The van der Waals surface area contributed by atoms with Crippen LogP contribution in [-0.2, 0) is 42.6 Å². The molecule has 0 spiro atoms. The van der Waals surface area contributed by atoms with E-state index in [-0.39, 0.29) is 17.4 Å². The van der Waals surface area contributed by atoms with Gasteiger partial charge in [-0.1, -0.05) is 0 Å². The Morgan fingerprint density at radius 3 is 2.26 bits per heavy atom. The average molecular weight is 540 g/mol. The van der Waals surface area contributed by atoms with E-state index in [0.29, 0.717) is 71.2 Å². The van der Waals surface area contributed by atoms with Gasteiger partial charge in [0.25, 0.3) is 0 Å². The number of hydrogen-bond donors (Lipinski definition) is 1. The molecule has 12 nitrogen and oxygen atoms in total. The Morgan fingerprint density at radius 2 is 1.63 bits per heavy atom. The van der Waals surface area contributed by atoms with Crippen LogP contribution in [0.5, 0.6) is 0 Å². The first kappa shape index (κ1) is 27.3. The number of methoxy groups -OCH3 is 1. The quantitative estimate of drug-likeness (QED) is 0.305. The highest BCUT2D eigenvalue weighted by atomic mass is 35.5. The molecule has 0 saturated carbocycles. The Balaban J connectivity index is 1.18. The molecule has 3 aliphatic rings. The van der Waals surface area contributed by atoms with E-state index < -0.39 is 23.8 Å². The van der Waals surface area contributed by atoms with Crippen molar-refractivity contribution in [3.05, 3.63) is 5.28 Å². The van der Waals surface area contributed by atoms with Gasteiger partial charge in [0.15, 0.2) is 12.1 Å². The number of nitrogens with zero attached hydrogens (tertiary/aromatic N) is 2. The minimum absolute atomic E-state index is 0.186. The number of nitrogens with one attached hydrogen (secondary N) is 1. The number of fused-ring (bicyclic) bond motifs is 4. The van der Waals surface area contributed by atoms with E-state index in [1.165, 1.54) is 0 Å². The first-order chi connectivity index (χ1) is 16.9. The number of rotatable bonds is 16. The van der Waals surface area contributed by atoms with E-state index in [1.54, 1.807) is 7.11 Å². The van der Waals surface area contributed by atoms with E-state index in [4.69, 9.17) is 54.2 Å². The van der Waals surface area contributed by atoms with Crippen LogP contribution in [0.15, 0.2) is 0 Å². The monoisotopic (exact) mass is 539 g/mol. The Bertz CT molecular complexity index is 791. The van der Waals surface area contributed by atoms with Crippen LogP contribution in [-0.4, -0.2) is 118 Å². The number of halogens is 1. The van der Waals surface area contributed by atoms with E-state index in [9.17, 15) is 0 Å². The van der Waals surface area contributed by atoms with Gasteiger partial charge in [0, 0.05) is 18.6 Å². The second-order valence-electron chi connectivity index (χ2n) is 8.80. The van der Waals surface area contributed by atoms with Crippen molar-refractivity contribution in [2.24, 2.45) is 0 Å². The van der Waals surface area contributed by atoms with Gasteiger partial charge in [-0.2, -0.15) is 9.36 Å². The van der Waals surface area contributed by atoms with Gasteiger partial charge in [0.05, 0.1) is 66.1 Å². The summed E-state index contributed by atoms with van der Waals surface area (Å²) in [6.45, 7) is 8.41. The van der Waals surface area contributed by atoms with E-state index in [0.717, 1.165) is 11.5 Å². The lowest BCUT2D eigenvalue weighted by Gasteiger charge is -2.42. The fourth-order valence-corrected chi connectivity index (χ4v) is 4.98. The molecule has 5 atom stereocenters. The zero-order valence-electron chi connectivity index (χ0n) is 20.2. The van der Waals surface area contributed by atoms with Crippen LogP contribution >= 0.6 is 23.1 Å². The summed E-state index contributed by atoms with van der Waals surface area (Å²) in [6.07, 6.45) is -1.27. The van der Waals surface area contributed by atoms with Gasteiger partial charge in [-0.05, 0) is 25.4 Å². The maximum Gasteiger partial charge on any atom is 0.236 e. The summed E-state index contributed by atoms with van der Waals surface area (Å²) in [5.74, 6) is -0.771. The van der Waals surface area contributed by atoms with Crippen molar-refractivity contribution in [1.29, 1.82) is 0 Å². The Hall–Kier alpha value is -0.710. The Kier molecular flexibility index (Phi) is 9.91. The molecular weight excluding hydrogens is 506 g/mol. The molecule has 4 heterocycles. The molecule has 0 aromatic carbocycles. The minimum Gasteiger partial charge on any atom is -0.382 e. The third-order valence-electron chi connectivity index (χ3n) is 5.72. The first-order valence-corrected chi connectivity index (χ1v) is 12.8. The highest BCUT2D eigenvalue weighted by molar-refractivity contribution is 7.09. The summed E-state index contributed by atoms with van der Waals surface area (Å²) in [5.41, 5.74) is -0.772. The van der Waals surface area contributed by atoms with Crippen molar-refractivity contribution < 1.29 is 42.6 Å². The highest BCUT2D eigenvalue weighted by Gasteiger charge is 2.66. The molecule has 0 unspecified atom stereocenters. The maximum absolute atomic E-state index is 6.32. The van der Waals surface area contributed by atoms with Crippen molar-refractivity contribution in [3.63, 3.8) is 0 Å². The summed E-state index contributed by atoms with van der Waals surface area (Å²) in [6, 6.07) is -0.338. The van der Waals surface area contributed by atoms with Crippen molar-refractivity contribution in [2.45, 2.75) is 49.8 Å². The van der Waals surface area contributed by atoms with E-state index in [2.05, 4.69) is 14.7 Å². The molecular formula is C21H34ClN3O9S. The van der Waals surface area contributed by atoms with Crippen LogP contribution in [0.1, 0.15) is 13.8 Å². The number of hydrogen-bond acceptors (Lipinski definition) is 13. The number of aromatic nitrogens is 2. The van der Waals surface area contributed by atoms with Gasteiger partial charge >= 0.3 is 0 Å². The van der Waals surface area contributed by atoms with Gasteiger partial charge < -0.3 is 47.9 Å². The second-order valence-corrected chi connectivity index (χ2v) is 9.89. The lowest BCUT2D eigenvalue weighted by atomic mass is 9.88. The predicted octanol–water partition coefficient (Wildman–Crippen LogP) is 1.33. The normalized spacial score (nSPS) is 31.1. The van der Waals surface area contributed by atoms with Crippen LogP contribution in [0.3, 0.4) is 0 Å². The summed E-state index contributed by atoms with van der Waals surface area (Å²) in [4.78, 5) is 4.17. The number of ether oxygens (including phenoxy) is 9. The predicted molar refractivity (Wildman–Crippen MR) is 125 cm³/mol. The first-order valence-electron chi connectivity index (χ1n) is 11.6. The summed E-state index contributed by atoms with van der Waals surface area (Å²) >= 11 is 7.03. The van der Waals surface area contributed by atoms with Gasteiger partial charge in [-0.25, -0.2) is 0 Å². The van der Waals surface area contributed by atoms with Gasteiger partial charge in [0.2, 0.25) is 10.4 Å². The SMILES string of the molecule is COCCOCCOCCOCCOC[C@@]12CO[C@H](O1)[C@H](Nc1nc(Cl)ns1)[C@H]1OC(C)(C)O[C@H]12. The van der Waals surface area contributed by atoms with Crippen molar-refractivity contribution >= 4 is 28.3 Å². The number of anilines is 1. The molecule has 2 bridgehead atoms. The summed E-state index contributed by atoms with van der Waals surface area (Å²) < 4.78 is 56.0. The zero-order valence-corrected chi connectivity index (χ0v) is 21.8. The molecule has 1 aromatic rings. The van der Waals surface area contributed by atoms with E-state index >= 15 is 0 Å². The van der Waals surface area contributed by atoms with Gasteiger partial charge in [0.1, 0.15) is 23.9 Å². The largest absolute Gasteiger partial charge is 0.382 e. The van der Waals surface area contributed by atoms with Crippen molar-refractivity contribution in [3.8, 4) is 0 Å². The minimum atomic E-state index is -0.772. The molecule has 0 amide bonds. The Morgan fingerprint density at radius 1 is 0.971 bits per heavy atom. The molecule has 14 heteroatoms. The topological polar surface area (TPSA) is 121 Å². The highest BCUT2D eigenvalue weighted by Crippen LogP contribution is 2.47. The zero-order chi connectivity index (χ0) is 24.7. The molecule has 3 fully saturated rings. The maximum atomic E-state index is 6.32. The van der Waals surface area contributed by atoms with Crippen molar-refractivity contribution in [2.75, 3.05) is 78.5 Å². The van der Waals surface area contributed by atoms with E-state index in [1.807, 2.05) is 13.8 Å². The standard InChI is InChI=1S/C21H34ClN3O9S/c1-20(2)32-15-14(23-19-24-18(22)25-35-19)17-31-13-21(34-17,16(15)33-20)12-30-11-10-29-9-8-28-7-6-27-5-4-26-3/h14-17H,4-13H2,1-3H3,(H,23,24,25)/t14-,15-,16-,17-,21+/m1/s1. The third kappa shape index (κ3) is 7.20. The Labute approximate surface area is 213 Å². The van der Waals surface area contributed by atoms with Crippen LogP contribution in [0.4, 0.5) is 5.13 Å². The average Bonchev–Trinajstić information content (AvgIpc) is 3.51. The molecule has 3 aliphatic heterocycles. The van der Waals surface area contributed by atoms with Gasteiger partial charge in [-0.15, -0.1) is 0 Å². The molecule has 3 saturated heterocycles. The van der Waals surface area contributed by atoms with Gasteiger partial charge in [-0.3, -0.25) is 0 Å². The fourth-order valence-electron chi connectivity index (χ4n) is 4.22. The third-order valence-corrected chi connectivity index (χ3v) is 6.64. The molecule has 0 radical (unpaired) electrons. The molecule has 1 aromatic heterocycles.